The fourth-order valence-electron chi connectivity index (χ4n) is 4.17. The van der Waals surface area contributed by atoms with Crippen molar-refractivity contribution in [1.29, 1.82) is 0 Å². The number of thiazole rings is 1. The van der Waals surface area contributed by atoms with Gasteiger partial charge < -0.3 is 11.1 Å². The van der Waals surface area contributed by atoms with E-state index in [2.05, 4.69) is 10.3 Å². The molecular weight excluding hydrogens is 458 g/mol. The van der Waals surface area contributed by atoms with Gasteiger partial charge in [0, 0.05) is 26.1 Å². The number of nitrogens with zero attached hydrogens (tertiary/aromatic N) is 2. The minimum Gasteiger partial charge on any atom is -0.327 e. The van der Waals surface area contributed by atoms with Crippen LogP contribution in [0.1, 0.15) is 43.9 Å². The normalized spacial score (nSPS) is 20.3. The summed E-state index contributed by atoms with van der Waals surface area (Å²) in [4.78, 5) is 15.4. The third-order valence-corrected chi connectivity index (χ3v) is 9.54. The minimum atomic E-state index is -3.77. The number of halogens is 2. The number of nitrogens with two attached hydrogens (primary N) is 1. The molecule has 1 aliphatic rings. The first-order chi connectivity index (χ1) is 15.0. The first kappa shape index (κ1) is 24.7. The van der Waals surface area contributed by atoms with E-state index in [1.165, 1.54) is 17.3 Å². The Morgan fingerprint density at radius 3 is 2.59 bits per heavy atom. The van der Waals surface area contributed by atoms with Gasteiger partial charge in [-0.25, -0.2) is 22.2 Å². The van der Waals surface area contributed by atoms with Crippen molar-refractivity contribution in [1.82, 2.24) is 9.29 Å². The average Bonchev–Trinajstić information content (AvgIpc) is 3.10. The Labute approximate surface area is 191 Å². The Kier molecular flexibility index (Phi) is 7.64. The molecule has 1 aromatic carbocycles. The van der Waals surface area contributed by atoms with Crippen LogP contribution in [0, 0.1) is 24.5 Å². The maximum atomic E-state index is 13.9. The fourth-order valence-corrected chi connectivity index (χ4v) is 7.21. The quantitative estimate of drug-likeness (QED) is 0.624. The van der Waals surface area contributed by atoms with Crippen molar-refractivity contribution in [3.05, 3.63) is 41.1 Å². The monoisotopic (exact) mass is 486 g/mol. The number of anilines is 1. The zero-order chi connectivity index (χ0) is 23.6. The van der Waals surface area contributed by atoms with E-state index in [4.69, 9.17) is 5.73 Å². The van der Waals surface area contributed by atoms with Crippen LogP contribution in [-0.2, 0) is 21.2 Å². The van der Waals surface area contributed by atoms with Gasteiger partial charge in [0.05, 0.1) is 5.69 Å². The lowest BCUT2D eigenvalue weighted by atomic mass is 9.80. The second-order valence-corrected chi connectivity index (χ2v) is 11.5. The van der Waals surface area contributed by atoms with Crippen molar-refractivity contribution < 1.29 is 22.0 Å². The number of sulfonamides is 1. The summed E-state index contributed by atoms with van der Waals surface area (Å²) in [6.45, 7) is 2.94. The second kappa shape index (κ2) is 9.90. The van der Waals surface area contributed by atoms with Gasteiger partial charge >= 0.3 is 0 Å². The number of nitrogens with one attached hydrogen (secondary N) is 1. The molecule has 1 atom stereocenters. The van der Waals surface area contributed by atoms with Crippen LogP contribution in [0.3, 0.4) is 0 Å². The van der Waals surface area contributed by atoms with Gasteiger partial charge in [0.25, 0.3) is 10.0 Å². The first-order valence-corrected chi connectivity index (χ1v) is 12.7. The summed E-state index contributed by atoms with van der Waals surface area (Å²) in [6.07, 6.45) is 2.87. The molecule has 3 rings (SSSR count). The van der Waals surface area contributed by atoms with Crippen LogP contribution in [0.2, 0.25) is 0 Å². The number of hydrogen-bond donors (Lipinski definition) is 2. The highest BCUT2D eigenvalue weighted by Gasteiger charge is 2.35. The maximum absolute atomic E-state index is 13.9. The number of benzene rings is 1. The summed E-state index contributed by atoms with van der Waals surface area (Å²) in [5.41, 5.74) is 6.90. The molecule has 7 nitrogen and oxygen atoms in total. The van der Waals surface area contributed by atoms with E-state index < -0.39 is 21.7 Å². The van der Waals surface area contributed by atoms with E-state index in [0.29, 0.717) is 31.4 Å². The number of aryl methyl sites for hydroxylation is 1. The van der Waals surface area contributed by atoms with E-state index >= 15 is 0 Å². The Hall–Kier alpha value is -1.95. The van der Waals surface area contributed by atoms with Crippen LogP contribution in [0.15, 0.2) is 22.4 Å². The zero-order valence-corrected chi connectivity index (χ0v) is 19.9. The molecule has 0 spiro atoms. The third kappa shape index (κ3) is 5.51. The van der Waals surface area contributed by atoms with E-state index in [0.717, 1.165) is 23.5 Å². The molecule has 1 heterocycles. The van der Waals surface area contributed by atoms with Gasteiger partial charge in [-0.2, -0.15) is 4.31 Å². The number of amides is 1. The smallest absolute Gasteiger partial charge is 0.254 e. The van der Waals surface area contributed by atoms with E-state index in [-0.39, 0.29) is 45.2 Å². The molecule has 1 aliphatic carbocycles. The summed E-state index contributed by atoms with van der Waals surface area (Å²) >= 11 is 0.937. The molecule has 1 saturated carbocycles. The largest absolute Gasteiger partial charge is 0.327 e. The summed E-state index contributed by atoms with van der Waals surface area (Å²) in [5.74, 6) is -1.19. The van der Waals surface area contributed by atoms with Gasteiger partial charge in [0.15, 0.2) is 9.34 Å². The molecule has 11 heteroatoms. The van der Waals surface area contributed by atoms with Crippen molar-refractivity contribution in [2.75, 3.05) is 12.4 Å². The zero-order valence-electron chi connectivity index (χ0n) is 18.3. The van der Waals surface area contributed by atoms with Crippen LogP contribution < -0.4 is 11.1 Å². The summed E-state index contributed by atoms with van der Waals surface area (Å²) in [7, 11) is -2.21. The van der Waals surface area contributed by atoms with Crippen molar-refractivity contribution in [3.63, 3.8) is 0 Å². The maximum Gasteiger partial charge on any atom is 0.254 e. The lowest BCUT2D eigenvalue weighted by Crippen LogP contribution is -2.42. The lowest BCUT2D eigenvalue weighted by molar-refractivity contribution is -0.114. The van der Waals surface area contributed by atoms with Gasteiger partial charge in [-0.3, -0.25) is 4.79 Å². The molecule has 1 aromatic heterocycles. The molecule has 0 unspecified atom stereocenters. The van der Waals surface area contributed by atoms with Crippen LogP contribution in [0.25, 0.3) is 0 Å². The first-order valence-electron chi connectivity index (χ1n) is 10.4. The van der Waals surface area contributed by atoms with Crippen molar-refractivity contribution in [2.45, 2.75) is 62.2 Å². The molecule has 0 saturated heterocycles. The molecule has 32 heavy (non-hydrogen) atoms. The Morgan fingerprint density at radius 2 is 1.97 bits per heavy atom. The molecule has 3 N–H and O–H groups in total. The van der Waals surface area contributed by atoms with Gasteiger partial charge in [-0.1, -0.05) is 11.3 Å². The van der Waals surface area contributed by atoms with E-state index in [1.807, 2.05) is 0 Å². The predicted octanol–water partition coefficient (Wildman–Crippen LogP) is 3.44. The predicted molar refractivity (Wildman–Crippen MR) is 120 cm³/mol. The topological polar surface area (TPSA) is 105 Å². The van der Waals surface area contributed by atoms with E-state index in [9.17, 15) is 22.0 Å². The molecule has 2 aromatic rings. The highest BCUT2D eigenvalue weighted by Crippen LogP contribution is 2.35. The highest BCUT2D eigenvalue weighted by molar-refractivity contribution is 7.91. The average molecular weight is 487 g/mol. The van der Waals surface area contributed by atoms with Gasteiger partial charge in [0.1, 0.15) is 11.6 Å². The fraction of sp³-hybridized carbons (Fsp3) is 0.524. The van der Waals surface area contributed by atoms with Crippen molar-refractivity contribution >= 4 is 32.4 Å². The summed E-state index contributed by atoms with van der Waals surface area (Å²) in [6, 6.07) is 2.83. The second-order valence-electron chi connectivity index (χ2n) is 8.27. The van der Waals surface area contributed by atoms with Crippen LogP contribution >= 0.6 is 11.3 Å². The summed E-state index contributed by atoms with van der Waals surface area (Å²) in [5, 5.41) is 2.77. The minimum absolute atomic E-state index is 0.0986. The molecule has 0 bridgehead atoms. The number of carbonyl (C=O) groups is 1. The van der Waals surface area contributed by atoms with Crippen molar-refractivity contribution in [3.8, 4) is 0 Å². The van der Waals surface area contributed by atoms with Crippen LogP contribution in [0.4, 0.5) is 13.9 Å². The number of carbonyl (C=O) groups excluding carboxylic acids is 1. The Morgan fingerprint density at radius 1 is 1.31 bits per heavy atom. The van der Waals surface area contributed by atoms with Crippen LogP contribution in [-0.4, -0.2) is 42.7 Å². The highest BCUT2D eigenvalue weighted by atomic mass is 32.2. The molecule has 0 radical (unpaired) electrons. The third-order valence-electron chi connectivity index (χ3n) is 5.97. The van der Waals surface area contributed by atoms with Crippen LogP contribution in [0.5, 0.6) is 0 Å². The van der Waals surface area contributed by atoms with E-state index in [1.54, 1.807) is 14.0 Å². The van der Waals surface area contributed by atoms with Gasteiger partial charge in [-0.05, 0) is 68.7 Å². The molecule has 0 aliphatic heterocycles. The molecule has 176 valence electrons. The lowest BCUT2D eigenvalue weighted by Gasteiger charge is -2.36. The summed E-state index contributed by atoms with van der Waals surface area (Å²) < 4.78 is 55.2. The van der Waals surface area contributed by atoms with Crippen molar-refractivity contribution in [2.24, 2.45) is 11.7 Å². The molecular formula is C21H28F2N4O3S2. The SMILES string of the molecule is CC(=O)Nc1nc(C)c(S(=O)(=O)N(C)C2CCC([C@H](N)Cc3cc(F)ccc3F)CC2)s1. The number of rotatable bonds is 7. The standard InChI is InChI=1S/C21H28F2N4O3S2/c1-12-20(31-21(25-12)26-13(2)28)32(29,30)27(3)17-7-4-14(5-8-17)19(24)11-15-10-16(22)6-9-18(15)23/h6,9-10,14,17,19H,4-5,7-8,11,24H2,1-3H3,(H,25,26,28)/t14?,17?,19-/m1/s1. The number of aromatic nitrogens is 1. The van der Waals surface area contributed by atoms with Gasteiger partial charge in [-0.15, -0.1) is 0 Å². The Bertz CT molecular complexity index is 1080. The molecule has 1 amide bonds. The molecule has 1 fully saturated rings. The Balaban J connectivity index is 1.63. The number of hydrogen-bond acceptors (Lipinski definition) is 6. The van der Waals surface area contributed by atoms with Gasteiger partial charge in [0.2, 0.25) is 5.91 Å².